The SMILES string of the molecule is Cc1ccc(C2=CC(C3=CC4C=CC(O)=CC4C(c4ccccc4)=C3)C(c3ccccc3C)C2)cc1. The first-order valence-electron chi connectivity index (χ1n) is 13.0. The van der Waals surface area contributed by atoms with E-state index in [1.165, 1.54) is 44.5 Å². The number of aryl methyl sites for hydroxylation is 2. The topological polar surface area (TPSA) is 20.2 Å². The predicted octanol–water partition coefficient (Wildman–Crippen LogP) is 8.76. The maximum absolute atomic E-state index is 10.3. The van der Waals surface area contributed by atoms with Crippen LogP contribution in [0.2, 0.25) is 0 Å². The van der Waals surface area contributed by atoms with Crippen LogP contribution in [0.5, 0.6) is 0 Å². The lowest BCUT2D eigenvalue weighted by molar-refractivity contribution is 0.417. The number of allylic oxidation sites excluding steroid dienone is 9. The molecule has 3 aromatic rings. The fraction of sp³-hybridized carbons (Fsp3) is 0.200. The highest BCUT2D eigenvalue weighted by Crippen LogP contribution is 2.50. The molecule has 6 rings (SSSR count). The predicted molar refractivity (Wildman–Crippen MR) is 151 cm³/mol. The zero-order valence-corrected chi connectivity index (χ0v) is 20.9. The molecule has 4 unspecified atom stereocenters. The molecule has 0 saturated carbocycles. The van der Waals surface area contributed by atoms with E-state index >= 15 is 0 Å². The Morgan fingerprint density at radius 1 is 0.722 bits per heavy atom. The molecule has 0 aromatic heterocycles. The van der Waals surface area contributed by atoms with Crippen LogP contribution in [0.1, 0.15) is 40.2 Å². The second kappa shape index (κ2) is 9.32. The standard InChI is InChI=1S/C35H32O/c1-23-12-14-25(15-13-23)28-19-33(35(20-28)31-11-7-6-8-24(31)2)29-18-27-16-17-30(36)22-34(27)32(21-29)26-9-4-3-5-10-26/h3-19,21-22,27,33-36H,20H2,1-2H3. The Balaban J connectivity index is 1.47. The summed E-state index contributed by atoms with van der Waals surface area (Å²) in [5, 5.41) is 10.3. The van der Waals surface area contributed by atoms with Crippen molar-refractivity contribution in [2.45, 2.75) is 26.2 Å². The van der Waals surface area contributed by atoms with E-state index in [4.69, 9.17) is 0 Å². The zero-order chi connectivity index (χ0) is 24.6. The summed E-state index contributed by atoms with van der Waals surface area (Å²) in [6.45, 7) is 4.39. The molecule has 36 heavy (non-hydrogen) atoms. The monoisotopic (exact) mass is 468 g/mol. The summed E-state index contributed by atoms with van der Waals surface area (Å²) in [5.41, 5.74) is 10.7. The second-order valence-electron chi connectivity index (χ2n) is 10.4. The summed E-state index contributed by atoms with van der Waals surface area (Å²) in [5.74, 6) is 1.45. The summed E-state index contributed by atoms with van der Waals surface area (Å²) in [7, 11) is 0. The molecule has 0 radical (unpaired) electrons. The van der Waals surface area contributed by atoms with E-state index < -0.39 is 0 Å². The van der Waals surface area contributed by atoms with Crippen molar-refractivity contribution in [2.75, 3.05) is 0 Å². The molecule has 0 heterocycles. The highest BCUT2D eigenvalue weighted by molar-refractivity contribution is 5.77. The normalized spacial score (nSPS) is 24.9. The Labute approximate surface area is 214 Å². The fourth-order valence-electron chi connectivity index (χ4n) is 6.18. The Morgan fingerprint density at radius 2 is 1.47 bits per heavy atom. The zero-order valence-electron chi connectivity index (χ0n) is 20.9. The van der Waals surface area contributed by atoms with Gasteiger partial charge in [-0.3, -0.25) is 0 Å². The van der Waals surface area contributed by atoms with Gasteiger partial charge >= 0.3 is 0 Å². The van der Waals surface area contributed by atoms with Gasteiger partial charge in [-0.15, -0.1) is 0 Å². The number of rotatable bonds is 4. The maximum Gasteiger partial charge on any atom is 0.111 e. The van der Waals surface area contributed by atoms with Crippen molar-refractivity contribution in [3.63, 3.8) is 0 Å². The highest BCUT2D eigenvalue weighted by Gasteiger charge is 2.36. The van der Waals surface area contributed by atoms with Crippen LogP contribution >= 0.6 is 0 Å². The summed E-state index contributed by atoms with van der Waals surface area (Å²) >= 11 is 0. The van der Waals surface area contributed by atoms with Crippen molar-refractivity contribution in [2.24, 2.45) is 17.8 Å². The van der Waals surface area contributed by atoms with Crippen LogP contribution < -0.4 is 0 Å². The molecule has 178 valence electrons. The third kappa shape index (κ3) is 4.20. The molecule has 3 aliphatic carbocycles. The molecule has 3 aromatic carbocycles. The van der Waals surface area contributed by atoms with E-state index in [-0.39, 0.29) is 11.8 Å². The van der Waals surface area contributed by atoms with Gasteiger partial charge in [-0.2, -0.15) is 0 Å². The molecule has 0 amide bonds. The van der Waals surface area contributed by atoms with E-state index in [1.807, 2.05) is 12.2 Å². The summed E-state index contributed by atoms with van der Waals surface area (Å²) in [6.07, 6.45) is 14.4. The van der Waals surface area contributed by atoms with Crippen LogP contribution in [-0.2, 0) is 0 Å². The third-order valence-corrected chi connectivity index (χ3v) is 8.08. The number of aliphatic hydroxyl groups is 1. The average molecular weight is 469 g/mol. The molecule has 3 aliphatic rings. The summed E-state index contributed by atoms with van der Waals surface area (Å²) in [4.78, 5) is 0. The van der Waals surface area contributed by atoms with Gasteiger partial charge in [-0.25, -0.2) is 0 Å². The number of benzene rings is 3. The number of hydrogen-bond acceptors (Lipinski definition) is 1. The van der Waals surface area contributed by atoms with Gasteiger partial charge in [-0.05, 0) is 77.3 Å². The van der Waals surface area contributed by atoms with Crippen molar-refractivity contribution >= 4 is 11.1 Å². The lowest BCUT2D eigenvalue weighted by atomic mass is 9.71. The molecule has 1 heteroatoms. The molecular weight excluding hydrogens is 436 g/mol. The van der Waals surface area contributed by atoms with Crippen molar-refractivity contribution < 1.29 is 5.11 Å². The molecule has 0 spiro atoms. The Bertz CT molecular complexity index is 1430. The largest absolute Gasteiger partial charge is 0.508 e. The molecule has 1 nitrogen and oxygen atoms in total. The van der Waals surface area contributed by atoms with Gasteiger partial charge in [0.2, 0.25) is 0 Å². The molecule has 1 N–H and O–H groups in total. The highest BCUT2D eigenvalue weighted by atomic mass is 16.3. The summed E-state index contributed by atoms with van der Waals surface area (Å²) < 4.78 is 0. The van der Waals surface area contributed by atoms with Gasteiger partial charge < -0.3 is 5.11 Å². The molecular formula is C35H32O. The van der Waals surface area contributed by atoms with Crippen molar-refractivity contribution in [1.29, 1.82) is 0 Å². The fourth-order valence-corrected chi connectivity index (χ4v) is 6.18. The minimum absolute atomic E-state index is 0.153. The first-order valence-corrected chi connectivity index (χ1v) is 13.0. The first-order chi connectivity index (χ1) is 17.6. The first kappa shape index (κ1) is 22.6. The van der Waals surface area contributed by atoms with Crippen LogP contribution in [0.4, 0.5) is 0 Å². The smallest absolute Gasteiger partial charge is 0.111 e. The van der Waals surface area contributed by atoms with Gasteiger partial charge in [0.25, 0.3) is 0 Å². The quantitative estimate of drug-likeness (QED) is 0.406. The molecule has 0 aliphatic heterocycles. The Hall–Kier alpha value is -3.84. The van der Waals surface area contributed by atoms with E-state index in [0.29, 0.717) is 17.6 Å². The van der Waals surface area contributed by atoms with Crippen LogP contribution in [0.15, 0.2) is 127 Å². The third-order valence-electron chi connectivity index (χ3n) is 8.08. The van der Waals surface area contributed by atoms with Crippen molar-refractivity contribution in [3.05, 3.63) is 154 Å². The van der Waals surface area contributed by atoms with E-state index in [1.54, 1.807) is 0 Å². The molecule has 0 bridgehead atoms. The minimum atomic E-state index is 0.153. The van der Waals surface area contributed by atoms with E-state index in [0.717, 1.165) is 6.42 Å². The van der Waals surface area contributed by atoms with E-state index in [2.05, 4.69) is 117 Å². The Kier molecular flexibility index (Phi) is 5.85. The van der Waals surface area contributed by atoms with Crippen LogP contribution in [-0.4, -0.2) is 5.11 Å². The van der Waals surface area contributed by atoms with Crippen molar-refractivity contribution in [1.82, 2.24) is 0 Å². The van der Waals surface area contributed by atoms with Gasteiger partial charge in [0.1, 0.15) is 5.76 Å². The number of aliphatic hydroxyl groups excluding tert-OH is 1. The number of hydrogen-bond donors (Lipinski definition) is 1. The molecule has 0 fully saturated rings. The van der Waals surface area contributed by atoms with Crippen LogP contribution in [0.3, 0.4) is 0 Å². The van der Waals surface area contributed by atoms with Crippen LogP contribution in [0.25, 0.3) is 11.1 Å². The maximum atomic E-state index is 10.3. The van der Waals surface area contributed by atoms with Gasteiger partial charge in [0.05, 0.1) is 0 Å². The van der Waals surface area contributed by atoms with Gasteiger partial charge in [0, 0.05) is 17.8 Å². The lowest BCUT2D eigenvalue weighted by Gasteiger charge is -2.33. The minimum Gasteiger partial charge on any atom is -0.508 e. The number of fused-ring (bicyclic) bond motifs is 1. The van der Waals surface area contributed by atoms with Crippen LogP contribution in [0, 0.1) is 31.6 Å². The van der Waals surface area contributed by atoms with Crippen molar-refractivity contribution in [3.8, 4) is 0 Å². The van der Waals surface area contributed by atoms with Gasteiger partial charge in [0.15, 0.2) is 0 Å². The average Bonchev–Trinajstić information content (AvgIpc) is 3.34. The lowest BCUT2D eigenvalue weighted by Crippen LogP contribution is -2.21. The Morgan fingerprint density at radius 3 is 2.25 bits per heavy atom. The van der Waals surface area contributed by atoms with E-state index in [9.17, 15) is 5.11 Å². The van der Waals surface area contributed by atoms with Gasteiger partial charge in [-0.1, -0.05) is 109 Å². The summed E-state index contributed by atoms with van der Waals surface area (Å²) in [6, 6.07) is 28.5. The second-order valence-corrected chi connectivity index (χ2v) is 10.4. The molecule has 0 saturated heterocycles. The molecule has 4 atom stereocenters.